The summed E-state index contributed by atoms with van der Waals surface area (Å²) in [6, 6.07) is 2.02. The van der Waals surface area contributed by atoms with Gasteiger partial charge in [0.2, 0.25) is 5.96 Å². The molecule has 1 aromatic rings. The van der Waals surface area contributed by atoms with Crippen LogP contribution in [0, 0.1) is 23.1 Å². The number of hydrazine groups is 1. The average molecular weight is 309 g/mol. The van der Waals surface area contributed by atoms with E-state index in [0.29, 0.717) is 0 Å². The minimum absolute atomic E-state index is 0.0212. The molecule has 1 rings (SSSR count). The van der Waals surface area contributed by atoms with Crippen molar-refractivity contribution in [3.05, 3.63) is 29.3 Å². The Labute approximate surface area is 127 Å². The van der Waals surface area contributed by atoms with Gasteiger partial charge < -0.3 is 11.5 Å². The third-order valence-electron chi connectivity index (χ3n) is 2.86. The monoisotopic (exact) mass is 309 g/mol. The van der Waals surface area contributed by atoms with Crippen LogP contribution < -0.4 is 11.5 Å². The molecule has 0 unspecified atom stereocenters. The van der Waals surface area contributed by atoms with Gasteiger partial charge in [-0.15, -0.1) is 0 Å². The Hall–Kier alpha value is -2.89. The van der Waals surface area contributed by atoms with Crippen LogP contribution in [0.4, 0.5) is 14.5 Å². The predicted octanol–water partition coefficient (Wildman–Crippen LogP) is 1.04. The third-order valence-corrected chi connectivity index (χ3v) is 2.86. The highest BCUT2D eigenvalue weighted by Gasteiger charge is 2.19. The van der Waals surface area contributed by atoms with E-state index in [1.165, 1.54) is 19.1 Å². The summed E-state index contributed by atoms with van der Waals surface area (Å²) in [6.45, 7) is 1.29. The van der Waals surface area contributed by atoms with E-state index in [1.54, 1.807) is 6.92 Å². The van der Waals surface area contributed by atoms with Gasteiger partial charge in [0.05, 0.1) is 6.54 Å². The molecule has 0 radical (unpaired) electrons. The van der Waals surface area contributed by atoms with Gasteiger partial charge in [-0.3, -0.25) is 10.0 Å². The van der Waals surface area contributed by atoms with Crippen LogP contribution in [-0.2, 0) is 6.54 Å². The molecule has 0 bridgehead atoms. The molecule has 7 nitrogen and oxygen atoms in total. The quantitative estimate of drug-likeness (QED) is 0.217. The predicted molar refractivity (Wildman–Crippen MR) is 80.3 cm³/mol. The number of guanidine groups is 1. The number of nitriles is 1. The van der Waals surface area contributed by atoms with Crippen LogP contribution >= 0.6 is 0 Å². The molecule has 22 heavy (non-hydrogen) atoms. The molecule has 118 valence electrons. The molecule has 0 saturated carbocycles. The zero-order chi connectivity index (χ0) is 16.9. The molecule has 0 atom stereocenters. The highest BCUT2D eigenvalue weighted by Crippen LogP contribution is 2.19. The lowest BCUT2D eigenvalue weighted by Crippen LogP contribution is -2.41. The van der Waals surface area contributed by atoms with Gasteiger partial charge >= 0.3 is 0 Å². The van der Waals surface area contributed by atoms with E-state index in [0.717, 1.165) is 17.1 Å². The van der Waals surface area contributed by atoms with Gasteiger partial charge in [-0.1, -0.05) is 0 Å². The molecule has 0 aromatic heterocycles. The number of nitrogens with zero attached hydrogens (tertiary/aromatic N) is 5. The zero-order valence-electron chi connectivity index (χ0n) is 12.5. The number of nitrogen functional groups attached to an aromatic ring is 1. The number of aliphatic imine (C=N–C) groups is 2. The summed E-state index contributed by atoms with van der Waals surface area (Å²) in [5.74, 6) is -1.38. The number of hydrogen-bond acceptors (Lipinski definition) is 4. The van der Waals surface area contributed by atoms with Gasteiger partial charge in [-0.2, -0.15) is 10.3 Å². The molecular weight excluding hydrogens is 292 g/mol. The molecule has 0 aliphatic rings. The standard InChI is InChI=1S/C13H17F2N7/c1-8(20-13(18)19-2)22(21(3)7-16)6-10-11(14)4-9(17)5-12(10)15/h4-5H,6,17H2,1-3H3,(H2,18,19)/b20-8+. The number of nitrogens with two attached hydrogens (primary N) is 2. The molecule has 1 aromatic carbocycles. The Morgan fingerprint density at radius 3 is 2.36 bits per heavy atom. The van der Waals surface area contributed by atoms with Gasteiger partial charge in [0, 0.05) is 25.3 Å². The molecule has 0 saturated heterocycles. The van der Waals surface area contributed by atoms with E-state index in [9.17, 15) is 8.78 Å². The molecule has 0 aliphatic carbocycles. The normalized spacial score (nSPS) is 12.0. The first-order chi connectivity index (χ1) is 10.3. The number of anilines is 1. The minimum Gasteiger partial charge on any atom is -0.399 e. The molecule has 0 fully saturated rings. The average Bonchev–Trinajstić information content (AvgIpc) is 2.45. The second-order valence-corrected chi connectivity index (χ2v) is 4.39. The van der Waals surface area contributed by atoms with Crippen molar-refractivity contribution in [3.63, 3.8) is 0 Å². The Bertz CT molecular complexity index is 625. The van der Waals surface area contributed by atoms with Crippen LogP contribution in [0.2, 0.25) is 0 Å². The summed E-state index contributed by atoms with van der Waals surface area (Å²) < 4.78 is 27.8. The number of amidine groups is 1. The molecule has 0 amide bonds. The molecule has 0 spiro atoms. The SMILES string of the molecule is C/N=C(N)\N=C(/C)N(Cc1c(F)cc(N)cc1F)N(C)C#N. The maximum Gasteiger partial charge on any atom is 0.216 e. The third kappa shape index (κ3) is 4.05. The molecule has 4 N–H and O–H groups in total. The van der Waals surface area contributed by atoms with Crippen LogP contribution in [0.1, 0.15) is 12.5 Å². The lowest BCUT2D eigenvalue weighted by atomic mass is 10.1. The maximum atomic E-state index is 13.9. The van der Waals surface area contributed by atoms with Gasteiger partial charge in [-0.05, 0) is 19.1 Å². The summed E-state index contributed by atoms with van der Waals surface area (Å²) in [6.07, 6.45) is 1.84. The first-order valence-electron chi connectivity index (χ1n) is 6.22. The smallest absolute Gasteiger partial charge is 0.216 e. The molecule has 0 heterocycles. The van der Waals surface area contributed by atoms with Crippen molar-refractivity contribution in [1.82, 2.24) is 10.0 Å². The minimum atomic E-state index is -0.807. The summed E-state index contributed by atoms with van der Waals surface area (Å²) in [5.41, 5.74) is 10.6. The van der Waals surface area contributed by atoms with Crippen LogP contribution in [0.25, 0.3) is 0 Å². The number of rotatable bonds is 3. The van der Waals surface area contributed by atoms with Crippen molar-refractivity contribution in [1.29, 1.82) is 5.26 Å². The highest BCUT2D eigenvalue weighted by atomic mass is 19.1. The van der Waals surface area contributed by atoms with E-state index in [1.807, 2.05) is 6.19 Å². The van der Waals surface area contributed by atoms with Crippen molar-refractivity contribution >= 4 is 17.5 Å². The Morgan fingerprint density at radius 1 is 1.36 bits per heavy atom. The molecule has 9 heteroatoms. The first kappa shape index (κ1) is 17.2. The van der Waals surface area contributed by atoms with Crippen molar-refractivity contribution in [2.45, 2.75) is 13.5 Å². The summed E-state index contributed by atoms with van der Waals surface area (Å²) in [7, 11) is 2.87. The van der Waals surface area contributed by atoms with Crippen LogP contribution in [-0.4, -0.2) is 35.9 Å². The van der Waals surface area contributed by atoms with Gasteiger partial charge in [0.15, 0.2) is 6.19 Å². The summed E-state index contributed by atoms with van der Waals surface area (Å²) in [4.78, 5) is 7.61. The Balaban J connectivity index is 3.22. The number of hydrogen-bond donors (Lipinski definition) is 2. The van der Waals surface area contributed by atoms with E-state index in [2.05, 4.69) is 9.98 Å². The van der Waals surface area contributed by atoms with Gasteiger partial charge in [0.25, 0.3) is 0 Å². The second-order valence-electron chi connectivity index (χ2n) is 4.39. The highest BCUT2D eigenvalue weighted by molar-refractivity contribution is 5.93. The summed E-state index contributed by atoms with van der Waals surface area (Å²) in [5, 5.41) is 11.4. The molecule has 0 aliphatic heterocycles. The summed E-state index contributed by atoms with van der Waals surface area (Å²) >= 11 is 0. The Morgan fingerprint density at radius 2 is 1.91 bits per heavy atom. The maximum absolute atomic E-state index is 13.9. The first-order valence-corrected chi connectivity index (χ1v) is 6.22. The Kier molecular flexibility index (Phi) is 5.63. The van der Waals surface area contributed by atoms with Gasteiger partial charge in [-0.25, -0.2) is 13.8 Å². The zero-order valence-corrected chi connectivity index (χ0v) is 12.5. The van der Waals surface area contributed by atoms with E-state index < -0.39 is 11.6 Å². The van der Waals surface area contributed by atoms with E-state index >= 15 is 0 Å². The second kappa shape index (κ2) is 7.21. The fourth-order valence-corrected chi connectivity index (χ4v) is 1.69. The van der Waals surface area contributed by atoms with Crippen LogP contribution in [0.3, 0.4) is 0 Å². The van der Waals surface area contributed by atoms with Crippen molar-refractivity contribution in [3.8, 4) is 6.19 Å². The number of benzene rings is 1. The number of halogens is 2. The molecular formula is C13H17F2N7. The topological polar surface area (TPSA) is 107 Å². The fraction of sp³-hybridized carbons (Fsp3) is 0.308. The van der Waals surface area contributed by atoms with Crippen molar-refractivity contribution < 1.29 is 8.78 Å². The lowest BCUT2D eigenvalue weighted by molar-refractivity contribution is 0.135. The van der Waals surface area contributed by atoms with Crippen molar-refractivity contribution in [2.75, 3.05) is 19.8 Å². The van der Waals surface area contributed by atoms with Crippen LogP contribution in [0.5, 0.6) is 0 Å². The largest absolute Gasteiger partial charge is 0.399 e. The van der Waals surface area contributed by atoms with Crippen LogP contribution in [0.15, 0.2) is 22.1 Å². The lowest BCUT2D eigenvalue weighted by Gasteiger charge is -2.29. The fourth-order valence-electron chi connectivity index (χ4n) is 1.69. The van der Waals surface area contributed by atoms with E-state index in [4.69, 9.17) is 16.7 Å². The van der Waals surface area contributed by atoms with E-state index in [-0.39, 0.29) is 29.6 Å². The van der Waals surface area contributed by atoms with Gasteiger partial charge in [0.1, 0.15) is 17.5 Å². The van der Waals surface area contributed by atoms with Crippen molar-refractivity contribution in [2.24, 2.45) is 15.7 Å².